The van der Waals surface area contributed by atoms with Crippen LogP contribution in [0.5, 0.6) is 23.0 Å². The number of ether oxygens (including phenoxy) is 2. The fourth-order valence-electron chi connectivity index (χ4n) is 14.1. The Morgan fingerprint density at radius 3 is 1.58 bits per heavy atom. The van der Waals surface area contributed by atoms with Gasteiger partial charge in [-0.3, -0.25) is 4.57 Å². The Morgan fingerprint density at radius 1 is 0.382 bits per heavy atom. The summed E-state index contributed by atoms with van der Waals surface area (Å²) in [7, 11) is 0. The van der Waals surface area contributed by atoms with E-state index in [1.807, 2.05) is 30.3 Å². The highest BCUT2D eigenvalue weighted by Gasteiger charge is 2.42. The number of para-hydroxylation sites is 3. The second-order valence-corrected chi connectivity index (χ2v) is 28.6. The van der Waals surface area contributed by atoms with E-state index in [2.05, 4.69) is 214 Å². The molecule has 0 saturated carbocycles. The Morgan fingerprint density at radius 2 is 0.955 bits per heavy atom. The molecule has 0 fully saturated rings. The molecule has 17 rings (SSSR count). The normalized spacial score (nSPS) is 14.8. The van der Waals surface area contributed by atoms with E-state index in [0.717, 1.165) is 110 Å². The Bertz CT molecular complexity index is 5920. The van der Waals surface area contributed by atoms with Gasteiger partial charge in [0.1, 0.15) is 40.0 Å². The summed E-state index contributed by atoms with van der Waals surface area (Å²) in [6, 6.07) is 50.4. The fourth-order valence-corrected chi connectivity index (χ4v) is 14.1. The van der Waals surface area contributed by atoms with Gasteiger partial charge in [0.15, 0.2) is 0 Å². The molecule has 0 radical (unpaired) electrons. The highest BCUT2D eigenvalue weighted by Crippen LogP contribution is 2.46. The van der Waals surface area contributed by atoms with Gasteiger partial charge in [0.2, 0.25) is 0 Å². The number of benzene rings is 10. The van der Waals surface area contributed by atoms with Gasteiger partial charge in [-0.1, -0.05) is 186 Å². The van der Waals surface area contributed by atoms with Crippen molar-refractivity contribution < 1.29 is 24.9 Å². The molecule has 0 N–H and O–H groups in total. The van der Waals surface area contributed by atoms with Gasteiger partial charge in [-0.15, -0.1) is 0 Å². The largest absolute Gasteiger partial charge is 0.458 e. The molecule has 0 amide bonds. The van der Waals surface area contributed by atoms with Gasteiger partial charge in [-0.2, -0.15) is 0 Å². The van der Waals surface area contributed by atoms with E-state index in [4.69, 9.17) is 27.1 Å². The minimum atomic E-state index is -0.502. The predicted octanol–water partition coefficient (Wildman–Crippen LogP) is 19.9. The molecule has 0 bridgehead atoms. The number of pyridine rings is 1. The first-order chi connectivity index (χ1) is 45.9. The summed E-state index contributed by atoms with van der Waals surface area (Å²) >= 11 is 0. The van der Waals surface area contributed by atoms with Crippen LogP contribution in [-0.4, -0.2) is 25.4 Å². The summed E-state index contributed by atoms with van der Waals surface area (Å²) in [4.78, 5) is 5.90. The number of fused-ring (bicyclic) bond motifs is 17. The molecule has 8 heteroatoms. The second-order valence-electron chi connectivity index (χ2n) is 28.6. The van der Waals surface area contributed by atoms with Crippen LogP contribution in [0.15, 0.2) is 204 Å². The topological polar surface area (TPSA) is 59.3 Å². The molecule has 2 aliphatic rings. The molecular formula is C81H69BN4O3. The lowest BCUT2D eigenvalue weighted by molar-refractivity contribution is 0.458. The van der Waals surface area contributed by atoms with Crippen LogP contribution >= 0.6 is 0 Å². The standard InChI is InChI=1S/C81H69BN4O3/c1-78(2,3)47-26-30-55-56-31-27-48(79(4,5)6)39-66(56)85(65(55)38-47)52-43-61(83-74(45-52)86-64-34-36-70-76(58-21-15-18-24-68(58)87-70)75(64)57-32-28-49(40-67(57)86)80(7,8)9)46-25-35-69-60(37-46)82-59-33-29-51(84-62-22-16-13-19-53(62)54-20-14-17-23-63(54)84)44-71(59)89-73-42-50(81(10,11)12)41-72(88-69)77(73)82/h13-45H,1-12H3/i13D,14D,16D,17D,19D,20D,22D,23D. The van der Waals surface area contributed by atoms with E-state index in [-0.39, 0.29) is 55.6 Å². The maximum atomic E-state index is 9.34. The summed E-state index contributed by atoms with van der Waals surface area (Å²) in [5, 5.41) is 6.55. The summed E-state index contributed by atoms with van der Waals surface area (Å²) < 4.78 is 99.3. The van der Waals surface area contributed by atoms with E-state index in [0.29, 0.717) is 28.7 Å². The monoisotopic (exact) mass is 1160 g/mol. The SMILES string of the molecule is [2H]c1c([2H])c([2H])c2c(c1[2H])c1c([2H])c([2H])c([2H])c([2H])c1n2-c1ccc2c(c1)Oc1cc(C(C)(C)C)cc3c1B2c1cc(-c2cc(-n4c5cc(C(C)(C)C)ccc5c5ccc(C(C)(C)C)cc54)cc(-n4c5cc(C(C)(C)C)ccc5c5c6c(ccc54)oc4ccccc46)n2)ccc1O3. The quantitative estimate of drug-likeness (QED) is 0.165. The first kappa shape index (κ1) is 45.5. The molecule has 15 aromatic rings. The average Bonchev–Trinajstić information content (AvgIpc) is 1.67. The predicted molar refractivity (Wildman–Crippen MR) is 372 cm³/mol. The highest BCUT2D eigenvalue weighted by molar-refractivity contribution is 6.98. The Labute approximate surface area is 530 Å². The number of aromatic nitrogens is 4. The van der Waals surface area contributed by atoms with Crippen molar-refractivity contribution in [2.45, 2.75) is 105 Å². The van der Waals surface area contributed by atoms with Gasteiger partial charge in [0.25, 0.3) is 6.71 Å². The second kappa shape index (κ2) is 18.4. The molecule has 7 nitrogen and oxygen atoms in total. The molecule has 2 aliphatic heterocycles. The van der Waals surface area contributed by atoms with Gasteiger partial charge in [-0.25, -0.2) is 4.98 Å². The van der Waals surface area contributed by atoms with Crippen molar-refractivity contribution in [1.29, 1.82) is 0 Å². The molecular weight excluding hydrogens is 1090 g/mol. The number of rotatable bonds is 4. The van der Waals surface area contributed by atoms with Crippen LogP contribution < -0.4 is 25.9 Å². The number of hydrogen-bond acceptors (Lipinski definition) is 4. The van der Waals surface area contributed by atoms with E-state index < -0.39 is 43.0 Å². The van der Waals surface area contributed by atoms with E-state index in [1.54, 1.807) is 0 Å². The summed E-state index contributed by atoms with van der Waals surface area (Å²) in [6.07, 6.45) is 0. The lowest BCUT2D eigenvalue weighted by Crippen LogP contribution is -2.57. The minimum absolute atomic E-state index is 0.00215. The van der Waals surface area contributed by atoms with Gasteiger partial charge < -0.3 is 23.0 Å². The number of furan rings is 1. The summed E-state index contributed by atoms with van der Waals surface area (Å²) in [6.45, 7) is 26.3. The van der Waals surface area contributed by atoms with E-state index in [1.165, 1.54) is 21.3 Å². The average molecular weight is 1170 g/mol. The summed E-state index contributed by atoms with van der Waals surface area (Å²) in [5.41, 5.74) is 15.0. The molecule has 0 atom stereocenters. The molecule has 0 aliphatic carbocycles. The van der Waals surface area contributed by atoms with Crippen molar-refractivity contribution >= 4 is 110 Å². The highest BCUT2D eigenvalue weighted by atomic mass is 16.5. The maximum Gasteiger partial charge on any atom is 0.260 e. The summed E-state index contributed by atoms with van der Waals surface area (Å²) in [5.74, 6) is 3.08. The van der Waals surface area contributed by atoms with Crippen LogP contribution in [0.25, 0.3) is 116 Å². The number of nitrogens with zero attached hydrogens (tertiary/aromatic N) is 4. The zero-order valence-electron chi connectivity index (χ0n) is 60.0. The van der Waals surface area contributed by atoms with Crippen LogP contribution in [0.1, 0.15) is 116 Å². The zero-order chi connectivity index (χ0) is 67.9. The molecule has 7 heterocycles. The van der Waals surface area contributed by atoms with Crippen LogP contribution in [0.2, 0.25) is 0 Å². The molecule has 5 aromatic heterocycles. The van der Waals surface area contributed by atoms with Gasteiger partial charge >= 0.3 is 0 Å². The van der Waals surface area contributed by atoms with Crippen molar-refractivity contribution in [3.05, 3.63) is 222 Å². The Balaban J connectivity index is 0.945. The fraction of sp³-hybridized carbons (Fsp3) is 0.198. The Hall–Kier alpha value is -9.79. The van der Waals surface area contributed by atoms with Crippen LogP contribution in [0.3, 0.4) is 0 Å². The maximum absolute atomic E-state index is 9.34. The van der Waals surface area contributed by atoms with Crippen molar-refractivity contribution in [3.63, 3.8) is 0 Å². The lowest BCUT2D eigenvalue weighted by atomic mass is 9.34. The van der Waals surface area contributed by atoms with Crippen LogP contribution in [0.4, 0.5) is 0 Å². The van der Waals surface area contributed by atoms with Crippen molar-refractivity contribution in [2.75, 3.05) is 0 Å². The van der Waals surface area contributed by atoms with Gasteiger partial charge in [-0.05, 0) is 140 Å². The third-order valence-corrected chi connectivity index (χ3v) is 18.8. The van der Waals surface area contributed by atoms with Crippen LogP contribution in [0, 0.1) is 0 Å². The molecule has 0 unspecified atom stereocenters. The minimum Gasteiger partial charge on any atom is -0.458 e. The first-order valence-corrected chi connectivity index (χ1v) is 30.8. The lowest BCUT2D eigenvalue weighted by Gasteiger charge is -2.35. The van der Waals surface area contributed by atoms with E-state index in [9.17, 15) is 2.74 Å². The molecule has 89 heavy (non-hydrogen) atoms. The number of hydrogen-bond donors (Lipinski definition) is 0. The zero-order valence-corrected chi connectivity index (χ0v) is 52.0. The smallest absolute Gasteiger partial charge is 0.260 e. The third-order valence-electron chi connectivity index (χ3n) is 18.8. The third kappa shape index (κ3) is 8.07. The molecule has 0 saturated heterocycles. The van der Waals surface area contributed by atoms with Crippen molar-refractivity contribution in [2.24, 2.45) is 0 Å². The van der Waals surface area contributed by atoms with Gasteiger partial charge in [0, 0.05) is 71.9 Å². The molecule has 434 valence electrons. The Kier molecular flexibility index (Phi) is 9.40. The van der Waals surface area contributed by atoms with Gasteiger partial charge in [0.05, 0.1) is 55.4 Å². The molecule has 0 spiro atoms. The molecule has 10 aromatic carbocycles. The van der Waals surface area contributed by atoms with Crippen molar-refractivity contribution in [3.8, 4) is 51.4 Å². The van der Waals surface area contributed by atoms with Crippen molar-refractivity contribution in [1.82, 2.24) is 18.7 Å². The first-order valence-electron chi connectivity index (χ1n) is 34.8. The van der Waals surface area contributed by atoms with Crippen LogP contribution in [-0.2, 0) is 21.7 Å². The van der Waals surface area contributed by atoms with E-state index >= 15 is 0 Å².